The van der Waals surface area contributed by atoms with E-state index in [0.717, 1.165) is 36.8 Å². The fourth-order valence-corrected chi connectivity index (χ4v) is 6.96. The number of piperidine rings is 1. The van der Waals surface area contributed by atoms with Crippen LogP contribution in [0.1, 0.15) is 51.4 Å². The first-order valence-electron chi connectivity index (χ1n) is 9.72. The van der Waals surface area contributed by atoms with Crippen LogP contribution in [0.15, 0.2) is 0 Å². The van der Waals surface area contributed by atoms with E-state index in [1.807, 2.05) is 0 Å². The van der Waals surface area contributed by atoms with E-state index in [4.69, 9.17) is 0 Å². The van der Waals surface area contributed by atoms with Gasteiger partial charge in [-0.05, 0) is 87.0 Å². The Morgan fingerprint density at radius 3 is 2.04 bits per heavy atom. The van der Waals surface area contributed by atoms with E-state index in [1.54, 1.807) is 0 Å². The second-order valence-electron chi connectivity index (χ2n) is 9.21. The molecule has 1 amide bonds. The molecule has 0 atom stereocenters. The summed E-state index contributed by atoms with van der Waals surface area (Å²) in [6.07, 6.45) is 10.7. The minimum absolute atomic E-state index is 0. The molecule has 6 fully saturated rings. The molecular formula is C19H31ClN2O. The Bertz CT molecular complexity index is 436. The molecule has 6 rings (SSSR count). The fraction of sp³-hybridized carbons (Fsp3) is 0.947. The first kappa shape index (κ1) is 16.2. The van der Waals surface area contributed by atoms with Gasteiger partial charge < -0.3 is 10.2 Å². The van der Waals surface area contributed by atoms with Crippen molar-refractivity contribution in [3.8, 4) is 0 Å². The second kappa shape index (κ2) is 5.91. The third-order valence-electron chi connectivity index (χ3n) is 7.98. The summed E-state index contributed by atoms with van der Waals surface area (Å²) in [5.74, 6) is 4.39. The summed E-state index contributed by atoms with van der Waals surface area (Å²) in [5, 5.41) is 3.53. The Morgan fingerprint density at radius 2 is 1.52 bits per heavy atom. The second-order valence-corrected chi connectivity index (χ2v) is 9.21. The molecule has 0 aromatic heterocycles. The van der Waals surface area contributed by atoms with Gasteiger partial charge in [0.2, 0.25) is 5.91 Å². The Hall–Kier alpha value is -0.280. The van der Waals surface area contributed by atoms with E-state index in [0.29, 0.717) is 17.2 Å². The zero-order valence-electron chi connectivity index (χ0n) is 14.1. The largest absolute Gasteiger partial charge is 0.342 e. The molecule has 0 aromatic rings. The van der Waals surface area contributed by atoms with E-state index in [2.05, 4.69) is 10.2 Å². The van der Waals surface area contributed by atoms with Gasteiger partial charge in [-0.25, -0.2) is 0 Å². The van der Waals surface area contributed by atoms with E-state index in [-0.39, 0.29) is 12.4 Å². The Kier molecular flexibility index (Phi) is 4.16. The van der Waals surface area contributed by atoms with Crippen LogP contribution in [0.5, 0.6) is 0 Å². The molecule has 1 N–H and O–H groups in total. The van der Waals surface area contributed by atoms with Crippen molar-refractivity contribution in [2.45, 2.75) is 51.4 Å². The molecule has 130 valence electrons. The standard InChI is InChI=1S/C19H30N2O.ClH/c22-18(21-5-2-19(3-6-21)1-4-20-12-19)17-15-8-13-7-14(10-15)11-16(17)9-13;/h13-17,20H,1-12H2;1H. The van der Waals surface area contributed by atoms with E-state index in [9.17, 15) is 4.79 Å². The molecule has 3 nitrogen and oxygen atoms in total. The molecule has 6 aliphatic rings. The van der Waals surface area contributed by atoms with Crippen LogP contribution in [0, 0.1) is 35.0 Å². The molecule has 4 saturated carbocycles. The topological polar surface area (TPSA) is 32.3 Å². The number of nitrogens with zero attached hydrogens (tertiary/aromatic N) is 1. The monoisotopic (exact) mass is 338 g/mol. The average Bonchev–Trinajstić information content (AvgIpc) is 2.95. The highest BCUT2D eigenvalue weighted by atomic mass is 35.5. The molecule has 4 heteroatoms. The summed E-state index contributed by atoms with van der Waals surface area (Å²) in [6.45, 7) is 4.43. The van der Waals surface area contributed by atoms with Crippen molar-refractivity contribution in [3.63, 3.8) is 0 Å². The quantitative estimate of drug-likeness (QED) is 0.797. The summed E-state index contributed by atoms with van der Waals surface area (Å²) in [7, 11) is 0. The van der Waals surface area contributed by atoms with Gasteiger partial charge in [-0.2, -0.15) is 0 Å². The third kappa shape index (κ3) is 2.63. The average molecular weight is 339 g/mol. The van der Waals surface area contributed by atoms with Crippen LogP contribution in [0.2, 0.25) is 0 Å². The van der Waals surface area contributed by atoms with Gasteiger partial charge in [0.25, 0.3) is 0 Å². The molecule has 1 spiro atoms. The van der Waals surface area contributed by atoms with Crippen LogP contribution in [-0.2, 0) is 4.79 Å². The normalized spacial score (nSPS) is 43.7. The predicted molar refractivity (Wildman–Crippen MR) is 93.5 cm³/mol. The molecule has 4 bridgehead atoms. The summed E-state index contributed by atoms with van der Waals surface area (Å²) in [5.41, 5.74) is 0.529. The molecule has 0 aromatic carbocycles. The van der Waals surface area contributed by atoms with Crippen molar-refractivity contribution in [3.05, 3.63) is 0 Å². The van der Waals surface area contributed by atoms with Gasteiger partial charge in [0.15, 0.2) is 0 Å². The SMILES string of the molecule is Cl.O=C(C1C2CC3CC(C2)CC1C3)N1CCC2(CCNC2)CC1. The summed E-state index contributed by atoms with van der Waals surface area (Å²) in [4.78, 5) is 15.5. The summed E-state index contributed by atoms with van der Waals surface area (Å²) < 4.78 is 0. The van der Waals surface area contributed by atoms with Crippen LogP contribution in [0.25, 0.3) is 0 Å². The van der Waals surface area contributed by atoms with Crippen LogP contribution in [0.4, 0.5) is 0 Å². The van der Waals surface area contributed by atoms with Crippen LogP contribution < -0.4 is 5.32 Å². The first-order valence-corrected chi connectivity index (χ1v) is 9.72. The maximum Gasteiger partial charge on any atom is 0.226 e. The zero-order valence-corrected chi connectivity index (χ0v) is 15.0. The van der Waals surface area contributed by atoms with Gasteiger partial charge in [-0.1, -0.05) is 0 Å². The minimum atomic E-state index is 0. The first-order chi connectivity index (χ1) is 10.7. The van der Waals surface area contributed by atoms with E-state index in [1.165, 1.54) is 64.5 Å². The highest BCUT2D eigenvalue weighted by molar-refractivity contribution is 5.85. The smallest absolute Gasteiger partial charge is 0.226 e. The lowest BCUT2D eigenvalue weighted by Crippen LogP contribution is -2.54. The van der Waals surface area contributed by atoms with Crippen molar-refractivity contribution in [2.24, 2.45) is 35.0 Å². The number of carbonyl (C=O) groups is 1. The van der Waals surface area contributed by atoms with Crippen LogP contribution >= 0.6 is 12.4 Å². The molecular weight excluding hydrogens is 308 g/mol. The highest BCUT2D eigenvalue weighted by Crippen LogP contribution is 2.57. The number of rotatable bonds is 1. The molecule has 2 aliphatic heterocycles. The minimum Gasteiger partial charge on any atom is -0.342 e. The van der Waals surface area contributed by atoms with Gasteiger partial charge in [0, 0.05) is 25.6 Å². The lowest BCUT2D eigenvalue weighted by molar-refractivity contribution is -0.151. The van der Waals surface area contributed by atoms with Gasteiger partial charge in [0.05, 0.1) is 0 Å². The maximum atomic E-state index is 13.2. The molecule has 2 heterocycles. The predicted octanol–water partition coefficient (Wildman–Crippen LogP) is 3.08. The third-order valence-corrected chi connectivity index (χ3v) is 7.98. The van der Waals surface area contributed by atoms with Crippen LogP contribution in [-0.4, -0.2) is 37.0 Å². The highest BCUT2D eigenvalue weighted by Gasteiger charge is 2.52. The lowest BCUT2D eigenvalue weighted by Gasteiger charge is -2.54. The number of nitrogens with one attached hydrogen (secondary N) is 1. The lowest BCUT2D eigenvalue weighted by atomic mass is 9.51. The number of hydrogen-bond acceptors (Lipinski definition) is 2. The zero-order chi connectivity index (χ0) is 14.7. The number of hydrogen-bond donors (Lipinski definition) is 1. The Morgan fingerprint density at radius 1 is 0.913 bits per heavy atom. The van der Waals surface area contributed by atoms with E-state index >= 15 is 0 Å². The molecule has 0 unspecified atom stereocenters. The van der Waals surface area contributed by atoms with Crippen molar-refractivity contribution >= 4 is 18.3 Å². The van der Waals surface area contributed by atoms with Crippen molar-refractivity contribution in [1.29, 1.82) is 0 Å². The molecule has 0 radical (unpaired) electrons. The number of likely N-dealkylation sites (tertiary alicyclic amines) is 1. The Balaban J connectivity index is 0.00000135. The van der Waals surface area contributed by atoms with Gasteiger partial charge in [-0.15, -0.1) is 12.4 Å². The Labute approximate surface area is 146 Å². The molecule has 4 aliphatic carbocycles. The molecule has 23 heavy (non-hydrogen) atoms. The number of amides is 1. The van der Waals surface area contributed by atoms with Gasteiger partial charge in [-0.3, -0.25) is 4.79 Å². The van der Waals surface area contributed by atoms with Gasteiger partial charge >= 0.3 is 0 Å². The maximum absolute atomic E-state index is 13.2. The van der Waals surface area contributed by atoms with Crippen LogP contribution in [0.3, 0.4) is 0 Å². The van der Waals surface area contributed by atoms with Crippen molar-refractivity contribution < 1.29 is 4.79 Å². The summed E-state index contributed by atoms with van der Waals surface area (Å²) in [6, 6.07) is 0. The van der Waals surface area contributed by atoms with Crippen molar-refractivity contribution in [2.75, 3.05) is 26.2 Å². The van der Waals surface area contributed by atoms with E-state index < -0.39 is 0 Å². The number of halogens is 1. The number of carbonyl (C=O) groups excluding carboxylic acids is 1. The molecule has 2 saturated heterocycles. The fourth-order valence-electron chi connectivity index (χ4n) is 6.96. The summed E-state index contributed by atoms with van der Waals surface area (Å²) >= 11 is 0. The van der Waals surface area contributed by atoms with Gasteiger partial charge in [0.1, 0.15) is 0 Å². The van der Waals surface area contributed by atoms with Crippen molar-refractivity contribution in [1.82, 2.24) is 10.2 Å².